The molecule has 1 aromatic heterocycles. The van der Waals surface area contributed by atoms with E-state index in [1.54, 1.807) is 12.1 Å². The lowest BCUT2D eigenvalue weighted by atomic mass is 10.1. The van der Waals surface area contributed by atoms with Crippen molar-refractivity contribution in [1.82, 2.24) is 4.90 Å². The second kappa shape index (κ2) is 9.74. The summed E-state index contributed by atoms with van der Waals surface area (Å²) in [5.41, 5.74) is 0.589. The highest BCUT2D eigenvalue weighted by Crippen LogP contribution is 2.37. The maximum Gasteiger partial charge on any atom is 0.417 e. The third-order valence-corrected chi connectivity index (χ3v) is 5.71. The Balaban J connectivity index is 0.00000272. The minimum Gasteiger partial charge on any atom is -0.460 e. The average molecular weight is 492 g/mol. The fourth-order valence-corrected chi connectivity index (χ4v) is 3.98. The van der Waals surface area contributed by atoms with Crippen LogP contribution in [0.2, 0.25) is 10.0 Å². The number of anilines is 1. The van der Waals surface area contributed by atoms with Crippen LogP contribution in [0.1, 0.15) is 11.3 Å². The van der Waals surface area contributed by atoms with E-state index >= 15 is 0 Å². The quantitative estimate of drug-likeness (QED) is 0.391. The Morgan fingerprint density at radius 1 is 0.903 bits per heavy atom. The lowest BCUT2D eigenvalue weighted by Gasteiger charge is -2.35. The standard InChI is InChI=1S/C22H19Cl2F3N2O.ClH/c23-16-2-1-3-17(13-16)29-10-8-28(9-11-29)14-18-5-7-21(30-18)15-4-6-20(24)19(12-15)22(25,26)27;/h1-7,12-13H,8-11,14H2;1H. The topological polar surface area (TPSA) is 19.6 Å². The normalized spacial score (nSPS) is 15.1. The van der Waals surface area contributed by atoms with Gasteiger partial charge in [-0.05, 0) is 48.5 Å². The van der Waals surface area contributed by atoms with Crippen LogP contribution in [0.4, 0.5) is 18.9 Å². The summed E-state index contributed by atoms with van der Waals surface area (Å²) in [5, 5.41) is 0.393. The van der Waals surface area contributed by atoms with Gasteiger partial charge in [0.05, 0.1) is 17.1 Å². The largest absolute Gasteiger partial charge is 0.460 e. The van der Waals surface area contributed by atoms with Gasteiger partial charge in [-0.25, -0.2) is 0 Å². The third kappa shape index (κ3) is 5.69. The molecule has 2 heterocycles. The number of hydrogen-bond donors (Lipinski definition) is 0. The summed E-state index contributed by atoms with van der Waals surface area (Å²) in [6.07, 6.45) is -4.51. The summed E-state index contributed by atoms with van der Waals surface area (Å²) in [7, 11) is 0. The van der Waals surface area contributed by atoms with E-state index in [0.717, 1.165) is 37.9 Å². The molecule has 0 radical (unpaired) electrons. The molecule has 3 aromatic rings. The molecule has 4 rings (SSSR count). The Bertz CT molecular complexity index is 1030. The lowest BCUT2D eigenvalue weighted by Crippen LogP contribution is -2.45. The van der Waals surface area contributed by atoms with E-state index < -0.39 is 11.7 Å². The van der Waals surface area contributed by atoms with Crippen LogP contribution in [0.5, 0.6) is 0 Å². The fourth-order valence-electron chi connectivity index (χ4n) is 3.57. The van der Waals surface area contributed by atoms with Gasteiger partial charge in [-0.15, -0.1) is 12.4 Å². The molecule has 0 N–H and O–H groups in total. The van der Waals surface area contributed by atoms with Gasteiger partial charge in [0.2, 0.25) is 0 Å². The van der Waals surface area contributed by atoms with Gasteiger partial charge < -0.3 is 9.32 Å². The van der Waals surface area contributed by atoms with Gasteiger partial charge in [0, 0.05) is 42.5 Å². The van der Waals surface area contributed by atoms with E-state index in [1.165, 1.54) is 12.1 Å². The molecule has 1 fully saturated rings. The summed E-state index contributed by atoms with van der Waals surface area (Å²) >= 11 is 11.8. The maximum atomic E-state index is 13.1. The van der Waals surface area contributed by atoms with Crippen molar-refractivity contribution in [3.63, 3.8) is 0 Å². The Morgan fingerprint density at radius 3 is 2.32 bits per heavy atom. The van der Waals surface area contributed by atoms with E-state index in [9.17, 15) is 13.2 Å². The molecule has 3 nitrogen and oxygen atoms in total. The zero-order valence-corrected chi connectivity index (χ0v) is 18.7. The van der Waals surface area contributed by atoms with Gasteiger partial charge in [-0.1, -0.05) is 29.3 Å². The number of halogens is 6. The molecule has 0 unspecified atom stereocenters. The molecule has 0 amide bonds. The monoisotopic (exact) mass is 490 g/mol. The van der Waals surface area contributed by atoms with Crippen LogP contribution in [-0.4, -0.2) is 31.1 Å². The van der Waals surface area contributed by atoms with Crippen molar-refractivity contribution in [1.29, 1.82) is 0 Å². The second-order valence-corrected chi connectivity index (χ2v) is 8.05. The molecule has 0 atom stereocenters. The fraction of sp³-hybridized carbons (Fsp3) is 0.273. The molecular formula is C22H20Cl3F3N2O. The Morgan fingerprint density at radius 2 is 1.65 bits per heavy atom. The number of nitrogens with zero attached hydrogens (tertiary/aromatic N) is 2. The second-order valence-electron chi connectivity index (χ2n) is 7.20. The summed E-state index contributed by atoms with van der Waals surface area (Å²) < 4.78 is 45.1. The number of benzene rings is 2. The minimum atomic E-state index is -4.51. The first-order valence-electron chi connectivity index (χ1n) is 9.48. The first-order valence-corrected chi connectivity index (χ1v) is 10.2. The molecule has 1 aliphatic heterocycles. The highest BCUT2D eigenvalue weighted by atomic mass is 35.5. The van der Waals surface area contributed by atoms with Crippen molar-refractivity contribution in [2.75, 3.05) is 31.1 Å². The van der Waals surface area contributed by atoms with Gasteiger partial charge >= 0.3 is 6.18 Å². The molecule has 0 spiro atoms. The van der Waals surface area contributed by atoms with Crippen LogP contribution >= 0.6 is 35.6 Å². The van der Waals surface area contributed by atoms with Gasteiger partial charge in [0.25, 0.3) is 0 Å². The van der Waals surface area contributed by atoms with Gasteiger partial charge in [-0.3, -0.25) is 4.90 Å². The molecule has 0 saturated carbocycles. The molecule has 1 aliphatic rings. The van der Waals surface area contributed by atoms with Crippen molar-refractivity contribution < 1.29 is 17.6 Å². The highest BCUT2D eigenvalue weighted by molar-refractivity contribution is 6.31. The van der Waals surface area contributed by atoms with Crippen LogP contribution < -0.4 is 4.90 Å². The van der Waals surface area contributed by atoms with E-state index in [0.29, 0.717) is 28.7 Å². The summed E-state index contributed by atoms with van der Waals surface area (Å²) in [4.78, 5) is 4.54. The molecule has 0 bridgehead atoms. The van der Waals surface area contributed by atoms with Crippen molar-refractivity contribution in [2.45, 2.75) is 12.7 Å². The molecule has 9 heteroatoms. The van der Waals surface area contributed by atoms with Crippen molar-refractivity contribution in [2.24, 2.45) is 0 Å². The van der Waals surface area contributed by atoms with E-state index in [1.807, 2.05) is 24.3 Å². The third-order valence-electron chi connectivity index (χ3n) is 5.14. The number of furan rings is 1. The van der Waals surface area contributed by atoms with Crippen molar-refractivity contribution in [3.05, 3.63) is 76.0 Å². The van der Waals surface area contributed by atoms with Crippen molar-refractivity contribution >= 4 is 41.3 Å². The van der Waals surface area contributed by atoms with Gasteiger partial charge in [-0.2, -0.15) is 13.2 Å². The minimum absolute atomic E-state index is 0. The number of piperazine rings is 1. The molecule has 166 valence electrons. The van der Waals surface area contributed by atoms with Crippen LogP contribution in [-0.2, 0) is 12.7 Å². The SMILES string of the molecule is Cl.FC(F)(F)c1cc(-c2ccc(CN3CCN(c4cccc(Cl)c4)CC3)o2)ccc1Cl. The molecule has 2 aromatic carbocycles. The Hall–Kier alpha value is -1.86. The van der Waals surface area contributed by atoms with E-state index in [4.69, 9.17) is 27.6 Å². The average Bonchev–Trinajstić information content (AvgIpc) is 3.16. The van der Waals surface area contributed by atoms with E-state index in [-0.39, 0.29) is 17.4 Å². The van der Waals surface area contributed by atoms with Gasteiger partial charge in [0.1, 0.15) is 11.5 Å². The van der Waals surface area contributed by atoms with E-state index in [2.05, 4.69) is 9.80 Å². The van der Waals surface area contributed by atoms with Crippen molar-refractivity contribution in [3.8, 4) is 11.3 Å². The molecular weight excluding hydrogens is 472 g/mol. The predicted octanol–water partition coefficient (Wildman–Crippen LogP) is 7.02. The summed E-state index contributed by atoms with van der Waals surface area (Å²) in [6, 6.07) is 15.1. The molecule has 1 saturated heterocycles. The lowest BCUT2D eigenvalue weighted by molar-refractivity contribution is -0.137. The van der Waals surface area contributed by atoms with Crippen LogP contribution in [0, 0.1) is 0 Å². The highest BCUT2D eigenvalue weighted by Gasteiger charge is 2.33. The first-order chi connectivity index (χ1) is 14.3. The Labute approximate surface area is 194 Å². The smallest absolute Gasteiger partial charge is 0.417 e. The van der Waals surface area contributed by atoms with Crippen LogP contribution in [0.3, 0.4) is 0 Å². The number of alkyl halides is 3. The predicted molar refractivity (Wildman–Crippen MR) is 120 cm³/mol. The van der Waals surface area contributed by atoms with Crippen LogP contribution in [0.15, 0.2) is 59.0 Å². The molecule has 31 heavy (non-hydrogen) atoms. The first kappa shape index (κ1) is 23.8. The Kier molecular flexibility index (Phi) is 7.47. The number of rotatable bonds is 4. The summed E-state index contributed by atoms with van der Waals surface area (Å²) in [6.45, 7) is 4.02. The molecule has 0 aliphatic carbocycles. The summed E-state index contributed by atoms with van der Waals surface area (Å²) in [5.74, 6) is 1.11. The zero-order valence-electron chi connectivity index (χ0n) is 16.3. The van der Waals surface area contributed by atoms with Crippen LogP contribution in [0.25, 0.3) is 11.3 Å². The zero-order chi connectivity index (χ0) is 21.3. The number of hydrogen-bond acceptors (Lipinski definition) is 3. The maximum absolute atomic E-state index is 13.1. The van der Waals surface area contributed by atoms with Gasteiger partial charge in [0.15, 0.2) is 0 Å².